The number of nitrogens with one attached hydrogen (secondary N) is 1. The number of alkyl halides is 3. The van der Waals surface area contributed by atoms with E-state index in [0.29, 0.717) is 41.6 Å². The van der Waals surface area contributed by atoms with Crippen LogP contribution in [0.4, 0.5) is 18.9 Å². The molecule has 0 saturated heterocycles. The molecular formula is C45H33F3N2O2. The summed E-state index contributed by atoms with van der Waals surface area (Å²) in [7, 11) is 0. The number of halogens is 3. The van der Waals surface area contributed by atoms with Crippen LogP contribution in [-0.4, -0.2) is 16.1 Å². The number of benzene rings is 6. The van der Waals surface area contributed by atoms with Gasteiger partial charge in [0.25, 0.3) is 0 Å². The van der Waals surface area contributed by atoms with Crippen molar-refractivity contribution in [1.29, 1.82) is 0 Å². The third kappa shape index (κ3) is 6.65. The van der Waals surface area contributed by atoms with Crippen molar-refractivity contribution < 1.29 is 23.1 Å². The van der Waals surface area contributed by atoms with Crippen molar-refractivity contribution >= 4 is 22.6 Å². The first-order valence-corrected chi connectivity index (χ1v) is 17.1. The number of carboxylic acids is 1. The van der Waals surface area contributed by atoms with Crippen LogP contribution in [0.2, 0.25) is 0 Å². The van der Waals surface area contributed by atoms with Gasteiger partial charge in [0.2, 0.25) is 0 Å². The molecular weight excluding hydrogens is 658 g/mol. The lowest BCUT2D eigenvalue weighted by atomic mass is 9.88. The molecule has 0 unspecified atom stereocenters. The van der Waals surface area contributed by atoms with Crippen molar-refractivity contribution in [1.82, 2.24) is 4.98 Å². The summed E-state index contributed by atoms with van der Waals surface area (Å²) in [5.41, 5.74) is 11.4. The Labute approximate surface area is 299 Å². The van der Waals surface area contributed by atoms with E-state index in [-0.39, 0.29) is 11.9 Å². The molecule has 0 fully saturated rings. The van der Waals surface area contributed by atoms with Gasteiger partial charge in [0.15, 0.2) is 0 Å². The average Bonchev–Trinajstić information content (AvgIpc) is 3.52. The molecule has 1 aliphatic carbocycles. The highest BCUT2D eigenvalue weighted by molar-refractivity contribution is 5.96. The molecule has 0 aliphatic heterocycles. The number of rotatable bonds is 9. The van der Waals surface area contributed by atoms with Crippen molar-refractivity contribution in [3.05, 3.63) is 178 Å². The molecule has 0 bridgehead atoms. The normalized spacial score (nSPS) is 12.1. The summed E-state index contributed by atoms with van der Waals surface area (Å²) in [6, 6.07) is 44.2. The smallest absolute Gasteiger partial charge is 0.418 e. The van der Waals surface area contributed by atoms with E-state index >= 15 is 0 Å². The number of hydrogen-bond donors (Lipinski definition) is 2. The van der Waals surface area contributed by atoms with Crippen molar-refractivity contribution in [2.24, 2.45) is 0 Å². The molecule has 8 rings (SSSR count). The number of anilines is 1. The number of aliphatic carboxylic acids is 1. The molecule has 2 N–H and O–H groups in total. The van der Waals surface area contributed by atoms with E-state index in [2.05, 4.69) is 41.7 Å². The van der Waals surface area contributed by atoms with E-state index < -0.39 is 17.7 Å². The lowest BCUT2D eigenvalue weighted by Gasteiger charge is -2.19. The fourth-order valence-corrected chi connectivity index (χ4v) is 7.25. The molecule has 4 nitrogen and oxygen atoms in total. The Morgan fingerprint density at radius 1 is 0.673 bits per heavy atom. The summed E-state index contributed by atoms with van der Waals surface area (Å²) >= 11 is 0. The maximum Gasteiger partial charge on any atom is 0.418 e. The van der Waals surface area contributed by atoms with Crippen LogP contribution < -0.4 is 5.32 Å². The molecule has 256 valence electrons. The molecule has 0 atom stereocenters. The zero-order valence-electron chi connectivity index (χ0n) is 28.0. The van der Waals surface area contributed by atoms with Gasteiger partial charge in [-0.1, -0.05) is 115 Å². The summed E-state index contributed by atoms with van der Waals surface area (Å²) in [5, 5.41) is 13.0. The van der Waals surface area contributed by atoms with Crippen LogP contribution in [0.3, 0.4) is 0 Å². The van der Waals surface area contributed by atoms with E-state index in [1.54, 1.807) is 18.2 Å². The van der Waals surface area contributed by atoms with Gasteiger partial charge in [0, 0.05) is 28.7 Å². The van der Waals surface area contributed by atoms with E-state index in [4.69, 9.17) is 10.1 Å². The zero-order valence-corrected chi connectivity index (χ0v) is 28.0. The van der Waals surface area contributed by atoms with Gasteiger partial charge in [-0.05, 0) is 87.2 Å². The maximum absolute atomic E-state index is 14.4. The Morgan fingerprint density at radius 2 is 1.38 bits per heavy atom. The van der Waals surface area contributed by atoms with Gasteiger partial charge >= 0.3 is 12.1 Å². The molecule has 7 aromatic rings. The number of nitrogens with zero attached hydrogens (tertiary/aromatic N) is 1. The topological polar surface area (TPSA) is 62.2 Å². The quantitative estimate of drug-likeness (QED) is 0.158. The largest absolute Gasteiger partial charge is 0.481 e. The van der Waals surface area contributed by atoms with Crippen LogP contribution >= 0.6 is 0 Å². The highest BCUT2D eigenvalue weighted by atomic mass is 19.4. The predicted molar refractivity (Wildman–Crippen MR) is 200 cm³/mol. The van der Waals surface area contributed by atoms with Gasteiger partial charge in [-0.2, -0.15) is 13.2 Å². The lowest BCUT2D eigenvalue weighted by Crippen LogP contribution is -2.07. The summed E-state index contributed by atoms with van der Waals surface area (Å²) in [6.45, 7) is 0.473. The molecule has 0 amide bonds. The van der Waals surface area contributed by atoms with Crippen LogP contribution in [0, 0.1) is 0 Å². The SMILES string of the molecule is O=C(O)Cc1ccc(CNc2cccc(-c3nc4c(C(F)(F)F)cccc4cc3-c3cc(Cc4ccccc4)cc4c3Cc3ccccc3-4)c2)cc1. The van der Waals surface area contributed by atoms with Crippen molar-refractivity contribution in [3.8, 4) is 33.5 Å². The van der Waals surface area contributed by atoms with Gasteiger partial charge in [0.05, 0.1) is 23.2 Å². The molecule has 0 saturated carbocycles. The highest BCUT2D eigenvalue weighted by Gasteiger charge is 2.34. The van der Waals surface area contributed by atoms with Crippen LogP contribution in [0.1, 0.15) is 38.9 Å². The van der Waals surface area contributed by atoms with Gasteiger partial charge in [-0.15, -0.1) is 0 Å². The number of para-hydroxylation sites is 1. The Kier molecular flexibility index (Phi) is 8.55. The number of hydrogen-bond acceptors (Lipinski definition) is 3. The highest BCUT2D eigenvalue weighted by Crippen LogP contribution is 2.46. The minimum Gasteiger partial charge on any atom is -0.481 e. The average molecular weight is 691 g/mol. The van der Waals surface area contributed by atoms with Crippen molar-refractivity contribution in [2.75, 3.05) is 5.32 Å². The van der Waals surface area contributed by atoms with Gasteiger partial charge in [-0.25, -0.2) is 4.98 Å². The zero-order chi connectivity index (χ0) is 35.8. The minimum atomic E-state index is -4.58. The third-order valence-electron chi connectivity index (χ3n) is 9.69. The van der Waals surface area contributed by atoms with E-state index in [0.717, 1.165) is 45.1 Å². The fourth-order valence-electron chi connectivity index (χ4n) is 7.25. The monoisotopic (exact) mass is 690 g/mol. The molecule has 1 aromatic heterocycles. The second-order valence-corrected chi connectivity index (χ2v) is 13.2. The molecule has 52 heavy (non-hydrogen) atoms. The Balaban J connectivity index is 1.27. The fraction of sp³-hybridized carbons (Fsp3) is 0.111. The molecule has 7 heteroatoms. The first-order chi connectivity index (χ1) is 25.2. The summed E-state index contributed by atoms with van der Waals surface area (Å²) in [4.78, 5) is 16.0. The van der Waals surface area contributed by atoms with Gasteiger partial charge < -0.3 is 10.4 Å². The maximum atomic E-state index is 14.4. The molecule has 1 heterocycles. The van der Waals surface area contributed by atoms with Gasteiger partial charge in [-0.3, -0.25) is 4.79 Å². The summed E-state index contributed by atoms with van der Waals surface area (Å²) in [6.07, 6.45) is -3.21. The third-order valence-corrected chi connectivity index (χ3v) is 9.69. The van der Waals surface area contributed by atoms with Crippen molar-refractivity contribution in [2.45, 2.75) is 32.0 Å². The second-order valence-electron chi connectivity index (χ2n) is 13.2. The van der Waals surface area contributed by atoms with Crippen LogP contribution in [0.5, 0.6) is 0 Å². The Bertz CT molecular complexity index is 2460. The molecule has 6 aromatic carbocycles. The standard InChI is InChI=1S/C45H33F3N2O2/c46-45(47,48)41-15-7-12-34-26-40(38-22-31(20-28-8-2-1-3-9-28)21-37-36-14-5-4-10-32(36)25-39(37)38)43(50-44(34)41)33-11-6-13-35(24-33)49-27-30-18-16-29(17-19-30)23-42(51)52/h1-19,21-22,24,26,49H,20,23,25,27H2,(H,51,52). The molecule has 0 radical (unpaired) electrons. The van der Waals surface area contributed by atoms with Gasteiger partial charge in [0.1, 0.15) is 0 Å². The summed E-state index contributed by atoms with van der Waals surface area (Å²) < 4.78 is 43.2. The number of fused-ring (bicyclic) bond motifs is 4. The number of carboxylic acid groups (broad SMARTS) is 1. The van der Waals surface area contributed by atoms with E-state index in [9.17, 15) is 18.0 Å². The molecule has 0 spiro atoms. The Hall–Kier alpha value is -6.21. The first-order valence-electron chi connectivity index (χ1n) is 17.1. The molecule has 1 aliphatic rings. The number of aromatic nitrogens is 1. The minimum absolute atomic E-state index is 0.0443. The van der Waals surface area contributed by atoms with Crippen LogP contribution in [-0.2, 0) is 36.8 Å². The number of pyridine rings is 1. The second kappa shape index (κ2) is 13.5. The van der Waals surface area contributed by atoms with E-state index in [1.807, 2.05) is 72.8 Å². The first kappa shape index (κ1) is 33.0. The van der Waals surface area contributed by atoms with Crippen molar-refractivity contribution in [3.63, 3.8) is 0 Å². The Morgan fingerprint density at radius 3 is 2.15 bits per heavy atom. The van der Waals surface area contributed by atoms with Crippen LogP contribution in [0.15, 0.2) is 140 Å². The predicted octanol–water partition coefficient (Wildman–Crippen LogP) is 11.0. The summed E-state index contributed by atoms with van der Waals surface area (Å²) in [5.74, 6) is -0.885. The van der Waals surface area contributed by atoms with E-state index in [1.165, 1.54) is 22.8 Å². The number of carbonyl (C=O) groups is 1. The van der Waals surface area contributed by atoms with Crippen LogP contribution in [0.25, 0.3) is 44.4 Å². The lowest BCUT2D eigenvalue weighted by molar-refractivity contribution is -0.137.